The molecule has 39 heavy (non-hydrogen) atoms. The summed E-state index contributed by atoms with van der Waals surface area (Å²) in [6, 6.07) is 32.4. The standard InChI is InChI=1S/C36H25N3/c1-20-8-5-9-21(2)34(20)28-16-30-26-12-7-13-27-31-17-29(35-22(3)10-6-11-23(35)4)25(19-38)15-33(31)39(36(26)27)32(30)14-24(28)18-37/h5-17H,1-4H3. The van der Waals surface area contributed by atoms with Gasteiger partial charge in [-0.1, -0.05) is 54.6 Å². The zero-order valence-corrected chi connectivity index (χ0v) is 22.3. The van der Waals surface area contributed by atoms with Crippen molar-refractivity contribution in [3.63, 3.8) is 0 Å². The molecule has 3 heteroatoms. The van der Waals surface area contributed by atoms with Gasteiger partial charge in [0.25, 0.3) is 0 Å². The molecule has 2 heterocycles. The third kappa shape index (κ3) is 3.08. The minimum absolute atomic E-state index is 0.654. The zero-order chi connectivity index (χ0) is 27.0. The number of benzene rings is 5. The second kappa shape index (κ2) is 8.19. The van der Waals surface area contributed by atoms with E-state index in [9.17, 15) is 10.5 Å². The molecule has 0 atom stereocenters. The molecule has 184 valence electrons. The molecular formula is C36H25N3. The van der Waals surface area contributed by atoms with Crippen molar-refractivity contribution >= 4 is 38.1 Å². The third-order valence-electron chi connectivity index (χ3n) is 8.34. The summed E-state index contributed by atoms with van der Waals surface area (Å²) in [7, 11) is 0. The average molecular weight is 500 g/mol. The van der Waals surface area contributed by atoms with Crippen molar-refractivity contribution < 1.29 is 0 Å². The van der Waals surface area contributed by atoms with E-state index in [0.717, 1.165) is 82.6 Å². The van der Waals surface area contributed by atoms with Crippen LogP contribution in [0.15, 0.2) is 78.9 Å². The molecule has 0 unspecified atom stereocenters. The van der Waals surface area contributed by atoms with Crippen LogP contribution < -0.4 is 0 Å². The van der Waals surface area contributed by atoms with E-state index >= 15 is 0 Å². The fourth-order valence-electron chi connectivity index (χ4n) is 6.65. The van der Waals surface area contributed by atoms with Crippen LogP contribution in [-0.4, -0.2) is 4.40 Å². The lowest BCUT2D eigenvalue weighted by atomic mass is 9.90. The first-order valence-electron chi connectivity index (χ1n) is 13.2. The van der Waals surface area contributed by atoms with E-state index in [1.165, 1.54) is 0 Å². The summed E-state index contributed by atoms with van der Waals surface area (Å²) >= 11 is 0. The Morgan fingerprint density at radius 1 is 0.513 bits per heavy atom. The number of nitriles is 2. The van der Waals surface area contributed by atoms with E-state index in [0.29, 0.717) is 11.1 Å². The molecule has 3 nitrogen and oxygen atoms in total. The molecule has 7 aromatic rings. The van der Waals surface area contributed by atoms with Crippen LogP contribution in [0.4, 0.5) is 0 Å². The second-order valence-electron chi connectivity index (χ2n) is 10.6. The number of hydrogen-bond acceptors (Lipinski definition) is 2. The topological polar surface area (TPSA) is 52.0 Å². The van der Waals surface area contributed by atoms with E-state index in [1.54, 1.807) is 0 Å². The van der Waals surface area contributed by atoms with E-state index in [-0.39, 0.29) is 0 Å². The summed E-state index contributed by atoms with van der Waals surface area (Å²) in [6.07, 6.45) is 0. The van der Waals surface area contributed by atoms with Crippen LogP contribution in [0.2, 0.25) is 0 Å². The van der Waals surface area contributed by atoms with Crippen LogP contribution in [-0.2, 0) is 0 Å². The fraction of sp³-hybridized carbons (Fsp3) is 0.111. The molecule has 5 aromatic carbocycles. The van der Waals surface area contributed by atoms with Gasteiger partial charge in [0.15, 0.2) is 0 Å². The molecule has 0 fully saturated rings. The average Bonchev–Trinajstić information content (AvgIpc) is 3.43. The highest BCUT2D eigenvalue weighted by molar-refractivity contribution is 6.24. The van der Waals surface area contributed by atoms with Gasteiger partial charge in [0.05, 0.1) is 39.8 Å². The van der Waals surface area contributed by atoms with Crippen molar-refractivity contribution in [3.05, 3.63) is 112 Å². The molecule has 0 saturated heterocycles. The summed E-state index contributed by atoms with van der Waals surface area (Å²) < 4.78 is 2.25. The number of para-hydroxylation sites is 1. The van der Waals surface area contributed by atoms with Gasteiger partial charge < -0.3 is 4.40 Å². The Labute approximate surface area is 227 Å². The first kappa shape index (κ1) is 23.0. The van der Waals surface area contributed by atoms with Crippen LogP contribution in [0.3, 0.4) is 0 Å². The second-order valence-corrected chi connectivity index (χ2v) is 10.6. The zero-order valence-electron chi connectivity index (χ0n) is 22.3. The Morgan fingerprint density at radius 2 is 0.897 bits per heavy atom. The smallest absolute Gasteiger partial charge is 0.0998 e. The highest BCUT2D eigenvalue weighted by atomic mass is 14.9. The number of nitrogens with zero attached hydrogens (tertiary/aromatic N) is 3. The molecule has 0 amide bonds. The number of aryl methyl sites for hydroxylation is 4. The van der Waals surface area contributed by atoms with E-state index in [1.807, 2.05) is 12.1 Å². The van der Waals surface area contributed by atoms with Gasteiger partial charge in [-0.25, -0.2) is 0 Å². The van der Waals surface area contributed by atoms with Crippen molar-refractivity contribution in [1.82, 2.24) is 4.40 Å². The van der Waals surface area contributed by atoms with Gasteiger partial charge in [-0.15, -0.1) is 0 Å². The van der Waals surface area contributed by atoms with Gasteiger partial charge in [0, 0.05) is 32.7 Å². The van der Waals surface area contributed by atoms with Crippen molar-refractivity contribution in [2.24, 2.45) is 0 Å². The van der Waals surface area contributed by atoms with E-state index in [2.05, 4.69) is 111 Å². The van der Waals surface area contributed by atoms with Crippen LogP contribution in [0.1, 0.15) is 33.4 Å². The summed E-state index contributed by atoms with van der Waals surface area (Å²) in [5, 5.41) is 25.1. The number of fused-ring (bicyclic) bond motifs is 6. The summed E-state index contributed by atoms with van der Waals surface area (Å²) in [6.45, 7) is 8.41. The molecule has 7 rings (SSSR count). The Balaban J connectivity index is 1.63. The Kier molecular flexibility index (Phi) is 4.84. The Bertz CT molecular complexity index is 2040. The van der Waals surface area contributed by atoms with Gasteiger partial charge >= 0.3 is 0 Å². The molecule has 0 spiro atoms. The fourth-order valence-corrected chi connectivity index (χ4v) is 6.65. The van der Waals surface area contributed by atoms with Crippen LogP contribution in [0, 0.1) is 50.4 Å². The molecule has 0 aliphatic heterocycles. The van der Waals surface area contributed by atoms with Crippen LogP contribution in [0.5, 0.6) is 0 Å². The summed E-state index contributed by atoms with van der Waals surface area (Å²) in [4.78, 5) is 0. The van der Waals surface area contributed by atoms with Gasteiger partial charge in [-0.3, -0.25) is 0 Å². The molecular weight excluding hydrogens is 474 g/mol. The lowest BCUT2D eigenvalue weighted by molar-refractivity contribution is 1.34. The molecule has 0 radical (unpaired) electrons. The SMILES string of the molecule is Cc1cccc(C)c1-c1cc2c3cccc4c5cc(-c6c(C)cccc6C)c(C#N)cc5n(c2cc1C#N)c34. The van der Waals surface area contributed by atoms with Crippen LogP contribution in [0.25, 0.3) is 60.3 Å². The number of aromatic nitrogens is 1. The van der Waals surface area contributed by atoms with E-state index in [4.69, 9.17) is 0 Å². The Morgan fingerprint density at radius 3 is 1.28 bits per heavy atom. The quantitative estimate of drug-likeness (QED) is 0.238. The van der Waals surface area contributed by atoms with Crippen molar-refractivity contribution in [2.45, 2.75) is 27.7 Å². The highest BCUT2D eigenvalue weighted by Crippen LogP contribution is 2.44. The van der Waals surface area contributed by atoms with Crippen LogP contribution >= 0.6 is 0 Å². The largest absolute Gasteiger partial charge is 0.308 e. The lowest BCUT2D eigenvalue weighted by Gasteiger charge is -2.13. The summed E-state index contributed by atoms with van der Waals surface area (Å²) in [5.41, 5.74) is 13.2. The molecule has 0 aliphatic carbocycles. The molecule has 0 saturated carbocycles. The Hall–Kier alpha value is -5.12. The molecule has 0 N–H and O–H groups in total. The molecule has 0 bridgehead atoms. The minimum Gasteiger partial charge on any atom is -0.308 e. The highest BCUT2D eigenvalue weighted by Gasteiger charge is 2.22. The maximum atomic E-state index is 10.3. The van der Waals surface area contributed by atoms with Crippen molar-refractivity contribution in [3.8, 4) is 34.4 Å². The molecule has 0 aliphatic rings. The number of hydrogen-bond donors (Lipinski definition) is 0. The monoisotopic (exact) mass is 499 g/mol. The normalized spacial score (nSPS) is 11.5. The van der Waals surface area contributed by atoms with Crippen molar-refractivity contribution in [1.29, 1.82) is 10.5 Å². The predicted octanol–water partition coefficient (Wildman–Crippen LogP) is 9.15. The minimum atomic E-state index is 0.654. The first-order valence-corrected chi connectivity index (χ1v) is 13.2. The molecule has 2 aromatic heterocycles. The maximum absolute atomic E-state index is 10.3. The summed E-state index contributed by atoms with van der Waals surface area (Å²) in [5.74, 6) is 0. The first-order chi connectivity index (χ1) is 18.9. The van der Waals surface area contributed by atoms with Gasteiger partial charge in [-0.05, 0) is 85.3 Å². The van der Waals surface area contributed by atoms with Gasteiger partial charge in [0.1, 0.15) is 0 Å². The third-order valence-corrected chi connectivity index (χ3v) is 8.34. The van der Waals surface area contributed by atoms with Crippen molar-refractivity contribution in [2.75, 3.05) is 0 Å². The number of rotatable bonds is 2. The van der Waals surface area contributed by atoms with E-state index < -0.39 is 0 Å². The lowest BCUT2D eigenvalue weighted by Crippen LogP contribution is -1.93. The predicted molar refractivity (Wildman–Crippen MR) is 160 cm³/mol. The van der Waals surface area contributed by atoms with Gasteiger partial charge in [-0.2, -0.15) is 10.5 Å². The van der Waals surface area contributed by atoms with Gasteiger partial charge in [0.2, 0.25) is 0 Å². The maximum Gasteiger partial charge on any atom is 0.0998 e.